The minimum atomic E-state index is -1.12. The Morgan fingerprint density at radius 2 is 1.00 bits per heavy atom. The van der Waals surface area contributed by atoms with Gasteiger partial charge in [-0.3, -0.25) is 0 Å². The van der Waals surface area contributed by atoms with Crippen LogP contribution in [0.25, 0.3) is 33.4 Å². The molecule has 0 radical (unpaired) electrons. The number of benzene rings is 4. The monoisotopic (exact) mass is 352 g/mol. The van der Waals surface area contributed by atoms with E-state index >= 15 is 0 Å². The van der Waals surface area contributed by atoms with Crippen LogP contribution in [-0.4, -0.2) is 4.21 Å². The van der Waals surface area contributed by atoms with Crippen LogP contribution in [0.5, 0.6) is 0 Å². The van der Waals surface area contributed by atoms with Gasteiger partial charge in [0.05, 0.1) is 20.6 Å². The zero-order valence-corrected chi connectivity index (χ0v) is 14.9. The summed E-state index contributed by atoms with van der Waals surface area (Å²) in [7, 11) is -1.12. The molecule has 124 valence electrons. The van der Waals surface area contributed by atoms with E-state index in [9.17, 15) is 4.21 Å². The SMILES string of the molecule is O=S1c2ccccc2-c2cc(-c3ccccc3)c(-c3ccccc3)cc21. The lowest BCUT2D eigenvalue weighted by Gasteiger charge is -2.13. The second kappa shape index (κ2) is 6.08. The maximum atomic E-state index is 13.0. The fourth-order valence-corrected chi connectivity index (χ4v) is 5.04. The Balaban J connectivity index is 1.83. The fraction of sp³-hybridized carbons (Fsp3) is 0. The summed E-state index contributed by atoms with van der Waals surface area (Å²) < 4.78 is 13.0. The molecule has 26 heavy (non-hydrogen) atoms. The molecule has 0 saturated heterocycles. The molecule has 0 aliphatic carbocycles. The Morgan fingerprint density at radius 1 is 0.462 bits per heavy atom. The number of hydrogen-bond acceptors (Lipinski definition) is 1. The van der Waals surface area contributed by atoms with Crippen molar-refractivity contribution in [1.82, 2.24) is 0 Å². The van der Waals surface area contributed by atoms with Gasteiger partial charge in [0.2, 0.25) is 0 Å². The van der Waals surface area contributed by atoms with Crippen LogP contribution in [0.1, 0.15) is 0 Å². The molecule has 0 aromatic heterocycles. The minimum Gasteiger partial charge on any atom is -0.249 e. The molecule has 0 amide bonds. The summed E-state index contributed by atoms with van der Waals surface area (Å²) in [5.41, 5.74) is 6.77. The molecule has 2 heteroatoms. The predicted octanol–water partition coefficient (Wildman–Crippen LogP) is 6.17. The van der Waals surface area contributed by atoms with Gasteiger partial charge in [-0.25, -0.2) is 4.21 Å². The first kappa shape index (κ1) is 15.3. The van der Waals surface area contributed by atoms with E-state index in [1.807, 2.05) is 42.5 Å². The van der Waals surface area contributed by atoms with E-state index in [0.717, 1.165) is 32.0 Å². The van der Waals surface area contributed by atoms with Crippen LogP contribution in [0.15, 0.2) is 107 Å². The van der Waals surface area contributed by atoms with Crippen molar-refractivity contribution in [1.29, 1.82) is 0 Å². The first-order valence-electron chi connectivity index (χ1n) is 8.63. The molecule has 1 atom stereocenters. The average molecular weight is 352 g/mol. The van der Waals surface area contributed by atoms with E-state index in [4.69, 9.17) is 0 Å². The molecule has 0 fully saturated rings. The summed E-state index contributed by atoms with van der Waals surface area (Å²) in [5.74, 6) is 0. The molecule has 0 saturated carbocycles. The van der Waals surface area contributed by atoms with Crippen LogP contribution in [0.3, 0.4) is 0 Å². The van der Waals surface area contributed by atoms with E-state index in [1.165, 1.54) is 11.1 Å². The van der Waals surface area contributed by atoms with E-state index in [0.29, 0.717) is 0 Å². The number of fused-ring (bicyclic) bond motifs is 3. The molecular formula is C24H16OS. The Hall–Kier alpha value is -2.97. The summed E-state index contributed by atoms with van der Waals surface area (Å²) >= 11 is 0. The molecule has 0 N–H and O–H groups in total. The van der Waals surface area contributed by atoms with Crippen molar-refractivity contribution in [2.24, 2.45) is 0 Å². The molecule has 1 unspecified atom stereocenters. The Bertz CT molecular complexity index is 1130. The highest BCUT2D eigenvalue weighted by Crippen LogP contribution is 2.45. The van der Waals surface area contributed by atoms with Gasteiger partial charge in [-0.05, 0) is 46.0 Å². The highest BCUT2D eigenvalue weighted by Gasteiger charge is 2.27. The smallest absolute Gasteiger partial charge is 0.0862 e. The van der Waals surface area contributed by atoms with Gasteiger partial charge in [0.25, 0.3) is 0 Å². The minimum absolute atomic E-state index is 0.907. The normalized spacial score (nSPS) is 14.7. The highest BCUT2D eigenvalue weighted by molar-refractivity contribution is 7.85. The number of rotatable bonds is 2. The summed E-state index contributed by atoms with van der Waals surface area (Å²) in [6.45, 7) is 0. The van der Waals surface area contributed by atoms with E-state index in [-0.39, 0.29) is 0 Å². The largest absolute Gasteiger partial charge is 0.249 e. The molecule has 1 aliphatic rings. The third-order valence-corrected chi connectivity index (χ3v) is 6.36. The zero-order valence-electron chi connectivity index (χ0n) is 14.1. The van der Waals surface area contributed by atoms with E-state index in [2.05, 4.69) is 54.6 Å². The maximum Gasteiger partial charge on any atom is 0.0862 e. The highest BCUT2D eigenvalue weighted by atomic mass is 32.2. The van der Waals surface area contributed by atoms with E-state index < -0.39 is 10.8 Å². The van der Waals surface area contributed by atoms with Crippen molar-refractivity contribution >= 4 is 10.8 Å². The topological polar surface area (TPSA) is 17.1 Å². The lowest BCUT2D eigenvalue weighted by atomic mass is 9.91. The maximum absolute atomic E-state index is 13.0. The molecule has 0 spiro atoms. The van der Waals surface area contributed by atoms with Crippen LogP contribution in [0, 0.1) is 0 Å². The third kappa shape index (κ3) is 2.34. The van der Waals surface area contributed by atoms with Crippen LogP contribution in [-0.2, 0) is 10.8 Å². The molecule has 1 nitrogen and oxygen atoms in total. The Morgan fingerprint density at radius 3 is 1.65 bits per heavy atom. The lowest BCUT2D eigenvalue weighted by molar-refractivity contribution is 0.685. The first-order valence-corrected chi connectivity index (χ1v) is 9.78. The molecule has 4 aromatic carbocycles. The van der Waals surface area contributed by atoms with Crippen molar-refractivity contribution in [3.05, 3.63) is 97.1 Å². The van der Waals surface area contributed by atoms with Gasteiger partial charge in [0, 0.05) is 5.56 Å². The van der Waals surface area contributed by atoms with Gasteiger partial charge >= 0.3 is 0 Å². The van der Waals surface area contributed by atoms with Crippen molar-refractivity contribution in [2.75, 3.05) is 0 Å². The summed E-state index contributed by atoms with van der Waals surface area (Å²) in [4.78, 5) is 1.82. The van der Waals surface area contributed by atoms with Gasteiger partial charge in [-0.1, -0.05) is 78.9 Å². The number of hydrogen-bond donors (Lipinski definition) is 0. The van der Waals surface area contributed by atoms with Gasteiger partial charge < -0.3 is 0 Å². The third-order valence-electron chi connectivity index (χ3n) is 4.87. The average Bonchev–Trinajstić information content (AvgIpc) is 3.00. The van der Waals surface area contributed by atoms with Crippen LogP contribution >= 0.6 is 0 Å². The fourth-order valence-electron chi connectivity index (χ4n) is 3.63. The molecule has 0 bridgehead atoms. The van der Waals surface area contributed by atoms with Crippen molar-refractivity contribution in [3.63, 3.8) is 0 Å². The first-order chi connectivity index (χ1) is 12.8. The Kier molecular flexibility index (Phi) is 3.58. The molecule has 1 aliphatic heterocycles. The van der Waals surface area contributed by atoms with E-state index in [1.54, 1.807) is 0 Å². The Labute approximate surface area is 155 Å². The quantitative estimate of drug-likeness (QED) is 0.371. The van der Waals surface area contributed by atoms with Crippen LogP contribution < -0.4 is 0 Å². The van der Waals surface area contributed by atoms with Crippen molar-refractivity contribution < 1.29 is 4.21 Å². The molecule has 1 heterocycles. The van der Waals surface area contributed by atoms with Gasteiger partial charge in [-0.2, -0.15) is 0 Å². The van der Waals surface area contributed by atoms with Crippen molar-refractivity contribution in [2.45, 2.75) is 9.79 Å². The predicted molar refractivity (Wildman–Crippen MR) is 107 cm³/mol. The van der Waals surface area contributed by atoms with Gasteiger partial charge in [0.15, 0.2) is 0 Å². The summed E-state index contributed by atoms with van der Waals surface area (Å²) in [5, 5.41) is 0. The second-order valence-corrected chi connectivity index (χ2v) is 7.81. The van der Waals surface area contributed by atoms with Crippen LogP contribution in [0.4, 0.5) is 0 Å². The zero-order chi connectivity index (χ0) is 17.5. The molecule has 4 aromatic rings. The van der Waals surface area contributed by atoms with Gasteiger partial charge in [-0.15, -0.1) is 0 Å². The molecular weight excluding hydrogens is 336 g/mol. The van der Waals surface area contributed by atoms with Gasteiger partial charge in [0.1, 0.15) is 0 Å². The standard InChI is InChI=1S/C24H16OS/c25-26-23-14-8-7-13-19(23)22-15-20(17-9-3-1-4-10-17)21(16-24(22)26)18-11-5-2-6-12-18/h1-16H. The van der Waals surface area contributed by atoms with Crippen LogP contribution in [0.2, 0.25) is 0 Å². The summed E-state index contributed by atoms with van der Waals surface area (Å²) in [6, 6.07) is 33.1. The molecule has 5 rings (SSSR count). The van der Waals surface area contributed by atoms with Crippen molar-refractivity contribution in [3.8, 4) is 33.4 Å². The second-order valence-electron chi connectivity index (χ2n) is 6.39. The lowest BCUT2D eigenvalue weighted by Crippen LogP contribution is -1.91. The summed E-state index contributed by atoms with van der Waals surface area (Å²) in [6.07, 6.45) is 0.